The van der Waals surface area contributed by atoms with Crippen LogP contribution in [0.25, 0.3) is 0 Å². The number of Topliss-reactive ketones (excluding diaryl/α,β-unsaturated/α-hetero) is 1. The van der Waals surface area contributed by atoms with Crippen molar-refractivity contribution >= 4 is 5.78 Å². The van der Waals surface area contributed by atoms with E-state index in [1.807, 2.05) is 0 Å². The Labute approximate surface area is 61.9 Å². The molecule has 0 saturated carbocycles. The van der Waals surface area contributed by atoms with Crippen molar-refractivity contribution in [3.8, 4) is 0 Å². The molecule has 1 aromatic rings. The number of pyridine rings is 1. The van der Waals surface area contributed by atoms with Crippen LogP contribution >= 0.6 is 0 Å². The third-order valence-corrected chi connectivity index (χ3v) is 1.19. The van der Waals surface area contributed by atoms with Crippen molar-refractivity contribution in [2.75, 3.05) is 0 Å². The fraction of sp³-hybridized carbons (Fsp3) is 0.143. The number of nitrogens with zero attached hydrogens (tertiary/aromatic N) is 1. The zero-order valence-corrected chi connectivity index (χ0v) is 5.77. The summed E-state index contributed by atoms with van der Waals surface area (Å²) in [6, 6.07) is 2.01. The first-order valence-electron chi connectivity index (χ1n) is 2.94. The Bertz CT molecular complexity index is 298. The van der Waals surface area contributed by atoms with E-state index in [0.29, 0.717) is 0 Å². The molecule has 0 saturated heterocycles. The Morgan fingerprint density at radius 1 is 1.45 bits per heavy atom. The number of hydrogen-bond acceptors (Lipinski definition) is 2. The van der Waals surface area contributed by atoms with E-state index < -0.39 is 17.7 Å². The zero-order valence-electron chi connectivity index (χ0n) is 5.77. The monoisotopic (exact) mass is 157 g/mol. The molecule has 1 aromatic heterocycles. The first kappa shape index (κ1) is 7.78. The second-order valence-electron chi connectivity index (χ2n) is 2.03. The summed E-state index contributed by atoms with van der Waals surface area (Å²) < 4.78 is 24.7. The Hall–Kier alpha value is -1.32. The molecule has 58 valence electrons. The molecule has 0 aromatic carbocycles. The van der Waals surface area contributed by atoms with Gasteiger partial charge in [-0.2, -0.15) is 13.8 Å². The highest BCUT2D eigenvalue weighted by atomic mass is 19.1. The van der Waals surface area contributed by atoms with Crippen molar-refractivity contribution in [3.05, 3.63) is 29.6 Å². The van der Waals surface area contributed by atoms with Crippen LogP contribution in [0.3, 0.4) is 0 Å². The van der Waals surface area contributed by atoms with Gasteiger partial charge in [0.05, 0.1) is 5.56 Å². The number of carbonyl (C=O) groups is 1. The van der Waals surface area contributed by atoms with Crippen molar-refractivity contribution < 1.29 is 13.6 Å². The molecule has 0 aliphatic carbocycles. The lowest BCUT2D eigenvalue weighted by molar-refractivity contribution is 0.101. The Kier molecular flexibility index (Phi) is 1.94. The van der Waals surface area contributed by atoms with Crippen LogP contribution in [-0.4, -0.2) is 10.8 Å². The van der Waals surface area contributed by atoms with Crippen LogP contribution in [0.15, 0.2) is 12.1 Å². The number of halogens is 2. The zero-order chi connectivity index (χ0) is 8.43. The molecule has 0 fully saturated rings. The molecule has 0 N–H and O–H groups in total. The largest absolute Gasteiger partial charge is 0.294 e. The van der Waals surface area contributed by atoms with Gasteiger partial charge in [-0.1, -0.05) is 0 Å². The second kappa shape index (κ2) is 2.74. The maximum absolute atomic E-state index is 12.5. The molecule has 0 aliphatic rings. The van der Waals surface area contributed by atoms with Gasteiger partial charge in [0.15, 0.2) is 5.78 Å². The number of ketones is 1. The molecule has 0 bridgehead atoms. The summed E-state index contributed by atoms with van der Waals surface area (Å²) in [5, 5.41) is 0. The highest BCUT2D eigenvalue weighted by Gasteiger charge is 2.08. The predicted molar refractivity (Wildman–Crippen MR) is 34.2 cm³/mol. The molecule has 2 nitrogen and oxygen atoms in total. The topological polar surface area (TPSA) is 30.0 Å². The van der Waals surface area contributed by atoms with Gasteiger partial charge in [-0.3, -0.25) is 4.79 Å². The fourth-order valence-electron chi connectivity index (χ4n) is 0.675. The second-order valence-corrected chi connectivity index (χ2v) is 2.03. The van der Waals surface area contributed by atoms with Gasteiger partial charge in [0, 0.05) is 0 Å². The first-order valence-corrected chi connectivity index (χ1v) is 2.94. The van der Waals surface area contributed by atoms with Gasteiger partial charge in [0.1, 0.15) is 0 Å². The van der Waals surface area contributed by atoms with Crippen LogP contribution in [0, 0.1) is 11.9 Å². The number of carbonyl (C=O) groups excluding carboxylic acids is 1. The minimum atomic E-state index is -1.06. The van der Waals surface area contributed by atoms with Gasteiger partial charge in [-0.05, 0) is 19.1 Å². The van der Waals surface area contributed by atoms with Gasteiger partial charge in [0.2, 0.25) is 11.9 Å². The molecule has 11 heavy (non-hydrogen) atoms. The van der Waals surface area contributed by atoms with E-state index in [2.05, 4.69) is 4.98 Å². The SMILES string of the molecule is CC(=O)c1ccc(F)nc1F. The molecule has 0 radical (unpaired) electrons. The minimum absolute atomic E-state index is 0.189. The van der Waals surface area contributed by atoms with Crippen LogP contribution < -0.4 is 0 Å². The van der Waals surface area contributed by atoms with Crippen molar-refractivity contribution in [3.63, 3.8) is 0 Å². The average Bonchev–Trinajstić information content (AvgIpc) is 1.85. The molecule has 1 rings (SSSR count). The lowest BCUT2D eigenvalue weighted by Gasteiger charge is -1.95. The smallest absolute Gasteiger partial charge is 0.226 e. The molecule has 0 unspecified atom stereocenters. The molecular weight excluding hydrogens is 152 g/mol. The summed E-state index contributed by atoms with van der Waals surface area (Å²) in [4.78, 5) is 13.4. The van der Waals surface area contributed by atoms with Gasteiger partial charge in [-0.15, -0.1) is 0 Å². The van der Waals surface area contributed by atoms with Crippen LogP contribution in [0.1, 0.15) is 17.3 Å². The molecular formula is C7H5F2NO. The van der Waals surface area contributed by atoms with Crippen LogP contribution in [0.2, 0.25) is 0 Å². The van der Waals surface area contributed by atoms with Crippen LogP contribution in [0.4, 0.5) is 8.78 Å². The summed E-state index contributed by atoms with van der Waals surface area (Å²) in [5.74, 6) is -2.44. The van der Waals surface area contributed by atoms with E-state index in [-0.39, 0.29) is 5.56 Å². The average molecular weight is 157 g/mol. The Morgan fingerprint density at radius 3 is 2.55 bits per heavy atom. The Morgan fingerprint density at radius 2 is 2.09 bits per heavy atom. The number of rotatable bonds is 1. The lowest BCUT2D eigenvalue weighted by atomic mass is 10.2. The number of aromatic nitrogens is 1. The molecule has 1 heterocycles. The molecule has 0 amide bonds. The van der Waals surface area contributed by atoms with Crippen molar-refractivity contribution in [2.24, 2.45) is 0 Å². The molecule has 0 aliphatic heterocycles. The molecule has 0 spiro atoms. The standard InChI is InChI=1S/C7H5F2NO/c1-4(11)5-2-3-6(8)10-7(5)9/h2-3H,1H3. The van der Waals surface area contributed by atoms with Crippen LogP contribution in [0.5, 0.6) is 0 Å². The van der Waals surface area contributed by atoms with E-state index in [1.54, 1.807) is 0 Å². The van der Waals surface area contributed by atoms with E-state index in [4.69, 9.17) is 0 Å². The quantitative estimate of drug-likeness (QED) is 0.457. The predicted octanol–water partition coefficient (Wildman–Crippen LogP) is 1.56. The van der Waals surface area contributed by atoms with Crippen molar-refractivity contribution in [1.82, 2.24) is 4.98 Å². The van der Waals surface area contributed by atoms with Crippen molar-refractivity contribution in [2.45, 2.75) is 6.92 Å². The highest BCUT2D eigenvalue weighted by Crippen LogP contribution is 2.05. The number of hydrogen-bond donors (Lipinski definition) is 0. The summed E-state index contributed by atoms with van der Waals surface area (Å²) in [6.07, 6.45) is 0. The normalized spacial score (nSPS) is 9.73. The minimum Gasteiger partial charge on any atom is -0.294 e. The third kappa shape index (κ3) is 1.58. The summed E-state index contributed by atoms with van der Waals surface area (Å²) in [7, 11) is 0. The van der Waals surface area contributed by atoms with E-state index in [1.165, 1.54) is 6.92 Å². The summed E-state index contributed by atoms with van der Waals surface area (Å²) >= 11 is 0. The maximum Gasteiger partial charge on any atom is 0.226 e. The van der Waals surface area contributed by atoms with E-state index in [9.17, 15) is 13.6 Å². The third-order valence-electron chi connectivity index (χ3n) is 1.19. The van der Waals surface area contributed by atoms with E-state index >= 15 is 0 Å². The van der Waals surface area contributed by atoms with Gasteiger partial charge >= 0.3 is 0 Å². The van der Waals surface area contributed by atoms with Crippen LogP contribution in [-0.2, 0) is 0 Å². The van der Waals surface area contributed by atoms with E-state index in [0.717, 1.165) is 12.1 Å². The lowest BCUT2D eigenvalue weighted by Crippen LogP contribution is -2.00. The first-order chi connectivity index (χ1) is 5.11. The Balaban J connectivity index is 3.20. The molecule has 0 atom stereocenters. The van der Waals surface area contributed by atoms with Gasteiger partial charge in [0.25, 0.3) is 0 Å². The molecule has 4 heteroatoms. The van der Waals surface area contributed by atoms with Gasteiger partial charge in [-0.25, -0.2) is 0 Å². The van der Waals surface area contributed by atoms with Crippen molar-refractivity contribution in [1.29, 1.82) is 0 Å². The highest BCUT2D eigenvalue weighted by molar-refractivity contribution is 5.93. The summed E-state index contributed by atoms with van der Waals surface area (Å²) in [5.41, 5.74) is -0.189. The maximum atomic E-state index is 12.5. The van der Waals surface area contributed by atoms with Gasteiger partial charge < -0.3 is 0 Å². The fourth-order valence-corrected chi connectivity index (χ4v) is 0.675. The summed E-state index contributed by atoms with van der Waals surface area (Å²) in [6.45, 7) is 1.19.